The van der Waals surface area contributed by atoms with Crippen molar-refractivity contribution in [3.8, 4) is 5.75 Å². The second kappa shape index (κ2) is 6.49. The molecular formula is C12H11ClF2N2O2. The van der Waals surface area contributed by atoms with Crippen LogP contribution in [0.15, 0.2) is 35.1 Å². The highest BCUT2D eigenvalue weighted by atomic mass is 35.5. The zero-order chi connectivity index (χ0) is 13.7. The van der Waals surface area contributed by atoms with Gasteiger partial charge in [0.15, 0.2) is 0 Å². The van der Waals surface area contributed by atoms with Crippen LogP contribution in [0.4, 0.5) is 8.78 Å². The molecule has 0 atom stereocenters. The topological polar surface area (TPSA) is 47.3 Å². The first-order chi connectivity index (χ1) is 9.15. The highest BCUT2D eigenvalue weighted by Gasteiger charge is 2.10. The molecule has 0 radical (unpaired) electrons. The minimum absolute atomic E-state index is 0.104. The molecule has 7 heteroatoms. The number of halogens is 3. The number of hydrogen-bond donors (Lipinski definition) is 1. The Kier molecular flexibility index (Phi) is 4.70. The summed E-state index contributed by atoms with van der Waals surface area (Å²) in [5.74, 6) is 0.104. The monoisotopic (exact) mass is 288 g/mol. The number of nitrogens with one attached hydrogen (secondary N) is 1. The summed E-state index contributed by atoms with van der Waals surface area (Å²) >= 11 is 5.83. The Hall–Kier alpha value is -1.66. The van der Waals surface area contributed by atoms with Crippen LogP contribution in [-0.4, -0.2) is 11.8 Å². The van der Waals surface area contributed by atoms with Gasteiger partial charge in [-0.25, -0.2) is 0 Å². The van der Waals surface area contributed by atoms with Crippen molar-refractivity contribution in [2.24, 2.45) is 0 Å². The molecule has 0 saturated heterocycles. The molecule has 2 aromatic rings. The molecule has 0 saturated carbocycles. The van der Waals surface area contributed by atoms with E-state index in [-0.39, 0.29) is 5.75 Å². The van der Waals surface area contributed by atoms with E-state index in [1.165, 1.54) is 18.4 Å². The van der Waals surface area contributed by atoms with Crippen molar-refractivity contribution in [1.29, 1.82) is 0 Å². The van der Waals surface area contributed by atoms with Gasteiger partial charge < -0.3 is 14.6 Å². The van der Waals surface area contributed by atoms with Crippen molar-refractivity contribution >= 4 is 11.6 Å². The second-order valence-corrected chi connectivity index (χ2v) is 4.16. The first kappa shape index (κ1) is 13.8. The van der Waals surface area contributed by atoms with E-state index >= 15 is 0 Å². The van der Waals surface area contributed by atoms with Crippen LogP contribution >= 0.6 is 11.6 Å². The van der Waals surface area contributed by atoms with Crippen LogP contribution in [-0.2, 0) is 13.1 Å². The first-order valence-electron chi connectivity index (χ1n) is 5.48. The quantitative estimate of drug-likeness (QED) is 0.886. The molecule has 0 amide bonds. The van der Waals surface area contributed by atoms with Gasteiger partial charge in [-0.05, 0) is 18.2 Å². The summed E-state index contributed by atoms with van der Waals surface area (Å²) in [4.78, 5) is 0. The van der Waals surface area contributed by atoms with Crippen molar-refractivity contribution in [3.05, 3.63) is 46.8 Å². The lowest BCUT2D eigenvalue weighted by Gasteiger charge is -2.11. The highest BCUT2D eigenvalue weighted by Crippen LogP contribution is 2.24. The molecule has 0 aliphatic heterocycles. The van der Waals surface area contributed by atoms with E-state index in [1.54, 1.807) is 12.1 Å². The van der Waals surface area contributed by atoms with E-state index < -0.39 is 6.61 Å². The summed E-state index contributed by atoms with van der Waals surface area (Å²) in [5, 5.41) is 7.22. The number of nitrogens with zero attached hydrogens (tertiary/aromatic N) is 1. The van der Waals surface area contributed by atoms with E-state index in [9.17, 15) is 8.78 Å². The van der Waals surface area contributed by atoms with Crippen LogP contribution in [0.25, 0.3) is 0 Å². The predicted molar refractivity (Wildman–Crippen MR) is 65.1 cm³/mol. The molecule has 4 nitrogen and oxygen atoms in total. The minimum Gasteiger partial charge on any atom is -0.434 e. The Labute approximate surface area is 113 Å². The Bertz CT molecular complexity index is 520. The van der Waals surface area contributed by atoms with Crippen molar-refractivity contribution in [2.75, 3.05) is 0 Å². The van der Waals surface area contributed by atoms with Gasteiger partial charge in [-0.15, -0.1) is 0 Å². The fraction of sp³-hybridized carbons (Fsp3) is 0.250. The van der Waals surface area contributed by atoms with Crippen molar-refractivity contribution in [2.45, 2.75) is 19.7 Å². The molecule has 1 N–H and O–H groups in total. The van der Waals surface area contributed by atoms with Gasteiger partial charge >= 0.3 is 6.61 Å². The van der Waals surface area contributed by atoms with Crippen LogP contribution in [0.3, 0.4) is 0 Å². The number of aromatic nitrogens is 1. The number of ether oxygens (including phenoxy) is 1. The van der Waals surface area contributed by atoms with Gasteiger partial charge in [-0.3, -0.25) is 0 Å². The molecular weight excluding hydrogens is 278 g/mol. The van der Waals surface area contributed by atoms with Gasteiger partial charge in [0, 0.05) is 29.7 Å². The Morgan fingerprint density at radius 1 is 1.32 bits per heavy atom. The maximum atomic E-state index is 12.2. The summed E-state index contributed by atoms with van der Waals surface area (Å²) in [6.45, 7) is -2.08. The lowest BCUT2D eigenvalue weighted by Crippen LogP contribution is -2.14. The fourth-order valence-electron chi connectivity index (χ4n) is 1.55. The molecule has 0 aliphatic rings. The van der Waals surface area contributed by atoms with Gasteiger partial charge in [-0.1, -0.05) is 16.8 Å². The largest absolute Gasteiger partial charge is 0.434 e. The summed E-state index contributed by atoms with van der Waals surface area (Å²) in [5.41, 5.74) is 1.27. The van der Waals surface area contributed by atoms with Crippen molar-refractivity contribution in [3.63, 3.8) is 0 Å². The summed E-state index contributed by atoms with van der Waals surface area (Å²) in [6, 6.07) is 6.21. The Morgan fingerprint density at radius 2 is 2.16 bits per heavy atom. The standard InChI is InChI=1S/C12H11ClF2N2O2/c13-9-1-2-11(19-12(14)15)8(5-9)6-16-7-10-3-4-18-17-10/h1-5,12,16H,6-7H2. The molecule has 0 fully saturated rings. The molecule has 0 unspecified atom stereocenters. The summed E-state index contributed by atoms with van der Waals surface area (Å²) in [6.07, 6.45) is 1.46. The fourth-order valence-corrected chi connectivity index (χ4v) is 1.75. The maximum absolute atomic E-state index is 12.2. The molecule has 1 heterocycles. The number of rotatable bonds is 6. The number of benzene rings is 1. The molecule has 0 aliphatic carbocycles. The van der Waals surface area contributed by atoms with E-state index in [0.29, 0.717) is 23.7 Å². The van der Waals surface area contributed by atoms with Crippen LogP contribution in [0.1, 0.15) is 11.3 Å². The van der Waals surface area contributed by atoms with Crippen LogP contribution in [0.2, 0.25) is 5.02 Å². The first-order valence-corrected chi connectivity index (χ1v) is 5.86. The third kappa shape index (κ3) is 4.18. The highest BCUT2D eigenvalue weighted by molar-refractivity contribution is 6.30. The van der Waals surface area contributed by atoms with Crippen LogP contribution < -0.4 is 10.1 Å². The normalized spacial score (nSPS) is 10.9. The van der Waals surface area contributed by atoms with E-state index in [4.69, 9.17) is 11.6 Å². The molecule has 2 rings (SSSR count). The zero-order valence-corrected chi connectivity index (χ0v) is 10.5. The Balaban J connectivity index is 1.99. The van der Waals surface area contributed by atoms with Gasteiger partial charge in [0.25, 0.3) is 0 Å². The average Bonchev–Trinajstić information content (AvgIpc) is 2.85. The van der Waals surface area contributed by atoms with Gasteiger partial charge in [-0.2, -0.15) is 8.78 Å². The van der Waals surface area contributed by atoms with Crippen LogP contribution in [0.5, 0.6) is 5.75 Å². The maximum Gasteiger partial charge on any atom is 0.387 e. The predicted octanol–water partition coefficient (Wildman–Crippen LogP) is 3.22. The van der Waals surface area contributed by atoms with Crippen molar-refractivity contribution in [1.82, 2.24) is 10.5 Å². The zero-order valence-electron chi connectivity index (χ0n) is 9.78. The number of hydrogen-bond acceptors (Lipinski definition) is 4. The average molecular weight is 289 g/mol. The Morgan fingerprint density at radius 3 is 2.84 bits per heavy atom. The van der Waals surface area contributed by atoms with Gasteiger partial charge in [0.2, 0.25) is 0 Å². The lowest BCUT2D eigenvalue weighted by atomic mass is 10.2. The van der Waals surface area contributed by atoms with E-state index in [0.717, 1.165) is 5.69 Å². The summed E-state index contributed by atoms with van der Waals surface area (Å²) < 4.78 is 33.6. The second-order valence-electron chi connectivity index (χ2n) is 3.72. The number of alkyl halides is 2. The lowest BCUT2D eigenvalue weighted by molar-refractivity contribution is -0.0505. The third-order valence-electron chi connectivity index (χ3n) is 2.35. The third-order valence-corrected chi connectivity index (χ3v) is 2.59. The van der Waals surface area contributed by atoms with Gasteiger partial charge in [0.05, 0.1) is 5.69 Å². The van der Waals surface area contributed by atoms with E-state index in [1.807, 2.05) is 0 Å². The molecule has 1 aromatic carbocycles. The SMILES string of the molecule is FC(F)Oc1ccc(Cl)cc1CNCc1ccon1. The molecule has 19 heavy (non-hydrogen) atoms. The van der Waals surface area contributed by atoms with Crippen molar-refractivity contribution < 1.29 is 18.0 Å². The molecule has 1 aromatic heterocycles. The van der Waals surface area contributed by atoms with E-state index in [2.05, 4.69) is 19.7 Å². The van der Waals surface area contributed by atoms with Crippen LogP contribution in [0, 0.1) is 0 Å². The summed E-state index contributed by atoms with van der Waals surface area (Å²) in [7, 11) is 0. The smallest absolute Gasteiger partial charge is 0.387 e. The molecule has 0 spiro atoms. The molecule has 102 valence electrons. The van der Waals surface area contributed by atoms with Gasteiger partial charge in [0.1, 0.15) is 12.0 Å². The molecule has 0 bridgehead atoms. The minimum atomic E-state index is -2.87.